The average molecular weight is 348 g/mol. The maximum Gasteiger partial charge on any atom is 0.165 e. The van der Waals surface area contributed by atoms with Crippen molar-refractivity contribution in [2.45, 2.75) is 26.0 Å². The van der Waals surface area contributed by atoms with Gasteiger partial charge in [-0.25, -0.2) is 0 Å². The van der Waals surface area contributed by atoms with Crippen LogP contribution in [0.4, 0.5) is 0 Å². The van der Waals surface area contributed by atoms with Crippen LogP contribution in [-0.4, -0.2) is 40.9 Å². The topological polar surface area (TPSA) is 52.9 Å². The zero-order chi connectivity index (χ0) is 17.1. The normalized spacial score (nSPS) is 16.1. The molecule has 128 valence electrons. The molecule has 0 fully saturated rings. The van der Waals surface area contributed by atoms with Gasteiger partial charge in [0.2, 0.25) is 0 Å². The number of phenols is 1. The molecule has 1 aliphatic rings. The molecule has 0 saturated carbocycles. The Morgan fingerprint density at radius 2 is 2.08 bits per heavy atom. The van der Waals surface area contributed by atoms with Crippen LogP contribution in [0.1, 0.15) is 18.9 Å². The summed E-state index contributed by atoms with van der Waals surface area (Å²) in [4.78, 5) is 2.15. The van der Waals surface area contributed by atoms with E-state index in [1.165, 1.54) is 0 Å². The van der Waals surface area contributed by atoms with Gasteiger partial charge in [0.1, 0.15) is 6.61 Å². The lowest BCUT2D eigenvalue weighted by Gasteiger charge is -2.22. The molecule has 0 spiro atoms. The molecule has 1 aliphatic heterocycles. The van der Waals surface area contributed by atoms with Crippen molar-refractivity contribution in [2.75, 3.05) is 19.7 Å². The highest BCUT2D eigenvalue weighted by Crippen LogP contribution is 2.38. The van der Waals surface area contributed by atoms with Gasteiger partial charge >= 0.3 is 0 Å². The van der Waals surface area contributed by atoms with E-state index in [1.807, 2.05) is 37.3 Å². The van der Waals surface area contributed by atoms with Crippen molar-refractivity contribution < 1.29 is 14.9 Å². The molecule has 2 N–H and O–H groups in total. The highest BCUT2D eigenvalue weighted by Gasteiger charge is 2.21. The Bertz CT molecular complexity index is 720. The zero-order valence-electron chi connectivity index (χ0n) is 13.7. The van der Waals surface area contributed by atoms with Crippen LogP contribution in [0.2, 0.25) is 5.02 Å². The quantitative estimate of drug-likeness (QED) is 0.886. The van der Waals surface area contributed by atoms with Crippen LogP contribution in [0, 0.1) is 0 Å². The second-order valence-electron chi connectivity index (χ2n) is 6.14. The van der Waals surface area contributed by atoms with Crippen molar-refractivity contribution >= 4 is 11.6 Å². The molecule has 4 nitrogen and oxygen atoms in total. The fourth-order valence-electron chi connectivity index (χ4n) is 2.97. The molecule has 1 heterocycles. The van der Waals surface area contributed by atoms with E-state index in [4.69, 9.17) is 16.3 Å². The van der Waals surface area contributed by atoms with E-state index in [1.54, 1.807) is 6.07 Å². The Kier molecular flexibility index (Phi) is 5.29. The number of ether oxygens (including phenoxy) is 1. The minimum Gasteiger partial charge on any atom is -0.504 e. The number of phenolic OH excluding ortho intramolecular Hbond substituents is 1. The number of aromatic hydroxyl groups is 1. The van der Waals surface area contributed by atoms with Crippen LogP contribution in [-0.2, 0) is 6.54 Å². The highest BCUT2D eigenvalue weighted by molar-refractivity contribution is 6.30. The van der Waals surface area contributed by atoms with Gasteiger partial charge in [0, 0.05) is 30.2 Å². The molecule has 0 unspecified atom stereocenters. The summed E-state index contributed by atoms with van der Waals surface area (Å²) in [7, 11) is 0. The monoisotopic (exact) mass is 347 g/mol. The van der Waals surface area contributed by atoms with E-state index in [0.29, 0.717) is 30.5 Å². The zero-order valence-corrected chi connectivity index (χ0v) is 14.5. The second kappa shape index (κ2) is 7.43. The third-order valence-electron chi connectivity index (χ3n) is 4.29. The van der Waals surface area contributed by atoms with E-state index in [9.17, 15) is 10.2 Å². The maximum atomic E-state index is 10.4. The summed E-state index contributed by atoms with van der Waals surface area (Å²) in [6, 6.07) is 11.3. The van der Waals surface area contributed by atoms with Crippen LogP contribution in [0.15, 0.2) is 36.4 Å². The van der Waals surface area contributed by atoms with Gasteiger partial charge in [0.25, 0.3) is 0 Å². The van der Waals surface area contributed by atoms with E-state index < -0.39 is 0 Å². The molecule has 0 aliphatic carbocycles. The van der Waals surface area contributed by atoms with Crippen molar-refractivity contribution in [3.63, 3.8) is 0 Å². The Morgan fingerprint density at radius 3 is 2.83 bits per heavy atom. The first-order chi connectivity index (χ1) is 11.6. The van der Waals surface area contributed by atoms with Crippen molar-refractivity contribution in [1.29, 1.82) is 0 Å². The number of β-amino-alcohol motifs (C(OH)–C–C–N with tert-alkyl or cyclic N) is 1. The number of halogens is 1. The molecule has 5 heteroatoms. The predicted octanol–water partition coefficient (Wildman–Crippen LogP) is 3.68. The average Bonchev–Trinajstić information content (AvgIpc) is 2.76. The predicted molar refractivity (Wildman–Crippen MR) is 95.6 cm³/mol. The van der Waals surface area contributed by atoms with Crippen LogP contribution >= 0.6 is 11.6 Å². The number of hydrogen-bond donors (Lipinski definition) is 2. The van der Waals surface area contributed by atoms with Crippen LogP contribution < -0.4 is 4.74 Å². The summed E-state index contributed by atoms with van der Waals surface area (Å²) in [6.07, 6.45) is 0.370. The molecule has 3 rings (SSSR count). The Morgan fingerprint density at radius 1 is 1.25 bits per heavy atom. The minimum atomic E-state index is -0.351. The largest absolute Gasteiger partial charge is 0.504 e. The summed E-state index contributed by atoms with van der Waals surface area (Å²) in [5.41, 5.74) is 2.77. The summed E-state index contributed by atoms with van der Waals surface area (Å²) in [5.74, 6) is 0.676. The van der Waals surface area contributed by atoms with E-state index in [2.05, 4.69) is 4.90 Å². The molecular weight excluding hydrogens is 326 g/mol. The summed E-state index contributed by atoms with van der Waals surface area (Å²) in [6.45, 7) is 4.41. The number of nitrogens with zero attached hydrogens (tertiary/aromatic N) is 1. The summed E-state index contributed by atoms with van der Waals surface area (Å²) >= 11 is 6.08. The maximum absolute atomic E-state index is 10.4. The molecule has 1 atom stereocenters. The lowest BCUT2D eigenvalue weighted by molar-refractivity contribution is 0.101. The van der Waals surface area contributed by atoms with Crippen molar-refractivity contribution in [3.8, 4) is 22.6 Å². The van der Waals surface area contributed by atoms with Crippen LogP contribution in [0.3, 0.4) is 0 Å². The molecule has 0 amide bonds. The smallest absolute Gasteiger partial charge is 0.165 e. The number of aliphatic hydroxyl groups is 1. The first kappa shape index (κ1) is 17.1. The van der Waals surface area contributed by atoms with Gasteiger partial charge in [-0.2, -0.15) is 0 Å². The first-order valence-corrected chi connectivity index (χ1v) is 8.59. The van der Waals surface area contributed by atoms with E-state index in [0.717, 1.165) is 29.7 Å². The number of rotatable bonds is 4. The summed E-state index contributed by atoms with van der Waals surface area (Å²) in [5, 5.41) is 21.0. The molecule has 0 aromatic heterocycles. The highest BCUT2D eigenvalue weighted by atomic mass is 35.5. The van der Waals surface area contributed by atoms with Crippen molar-refractivity contribution in [3.05, 3.63) is 47.0 Å². The van der Waals surface area contributed by atoms with Gasteiger partial charge in [-0.3, -0.25) is 4.90 Å². The van der Waals surface area contributed by atoms with E-state index in [-0.39, 0.29) is 11.9 Å². The molecule has 0 bridgehead atoms. The molecule has 2 aromatic rings. The number of benzene rings is 2. The lowest BCUT2D eigenvalue weighted by Crippen LogP contribution is -2.33. The minimum absolute atomic E-state index is 0.139. The number of aliphatic hydroxyl groups excluding tert-OH is 1. The van der Waals surface area contributed by atoms with Gasteiger partial charge < -0.3 is 14.9 Å². The fraction of sp³-hybridized carbons (Fsp3) is 0.368. The van der Waals surface area contributed by atoms with E-state index >= 15 is 0 Å². The van der Waals surface area contributed by atoms with Crippen molar-refractivity contribution in [1.82, 2.24) is 4.90 Å². The lowest BCUT2D eigenvalue weighted by atomic mass is 10.0. The first-order valence-electron chi connectivity index (χ1n) is 8.22. The fourth-order valence-corrected chi connectivity index (χ4v) is 3.16. The van der Waals surface area contributed by atoms with Crippen molar-refractivity contribution in [2.24, 2.45) is 0 Å². The van der Waals surface area contributed by atoms with Gasteiger partial charge in [0.15, 0.2) is 11.5 Å². The van der Waals surface area contributed by atoms with Gasteiger partial charge in [-0.1, -0.05) is 30.7 Å². The Labute approximate surface area is 147 Å². The second-order valence-corrected chi connectivity index (χ2v) is 6.58. The van der Waals surface area contributed by atoms with Crippen LogP contribution in [0.5, 0.6) is 11.5 Å². The number of hydrogen-bond acceptors (Lipinski definition) is 4. The molecule has 0 radical (unpaired) electrons. The molecule has 2 aromatic carbocycles. The third-order valence-corrected chi connectivity index (χ3v) is 4.53. The standard InChI is InChI=1S/C19H22ClNO3/c1-2-17(22)12-21-6-7-24-19-15(11-21)8-14(10-18(19)23)13-4-3-5-16(20)9-13/h3-5,8-10,17,22-23H,2,6-7,11-12H2,1H3/t17-/m1/s1. The molecule has 0 saturated heterocycles. The van der Waals surface area contributed by atoms with Gasteiger partial charge in [0.05, 0.1) is 6.10 Å². The Hall–Kier alpha value is -1.75. The Balaban J connectivity index is 1.93. The summed E-state index contributed by atoms with van der Waals surface area (Å²) < 4.78 is 5.74. The molecule has 24 heavy (non-hydrogen) atoms. The van der Waals surface area contributed by atoms with Crippen LogP contribution in [0.25, 0.3) is 11.1 Å². The third kappa shape index (κ3) is 3.83. The van der Waals surface area contributed by atoms with Gasteiger partial charge in [-0.15, -0.1) is 0 Å². The number of fused-ring (bicyclic) bond motifs is 1. The van der Waals surface area contributed by atoms with Gasteiger partial charge in [-0.05, 0) is 41.8 Å². The molecular formula is C19H22ClNO3. The SMILES string of the molecule is CC[C@@H](O)CN1CCOc2c(O)cc(-c3cccc(Cl)c3)cc2C1.